The average molecular weight is 384 g/mol. The number of hydrogen-bond acceptors (Lipinski definition) is 5. The van der Waals surface area contributed by atoms with E-state index >= 15 is 0 Å². The normalized spacial score (nSPS) is 14.5. The van der Waals surface area contributed by atoms with Crippen LogP contribution in [0.3, 0.4) is 0 Å². The number of benzene rings is 1. The first-order valence-corrected chi connectivity index (χ1v) is 9.97. The van der Waals surface area contributed by atoms with E-state index in [1.165, 1.54) is 42.7 Å². The van der Waals surface area contributed by atoms with Crippen LogP contribution in [-0.2, 0) is 6.54 Å². The van der Waals surface area contributed by atoms with Gasteiger partial charge < -0.3 is 10.2 Å². The van der Waals surface area contributed by atoms with Crippen LogP contribution in [0.5, 0.6) is 0 Å². The van der Waals surface area contributed by atoms with Gasteiger partial charge in [-0.25, -0.2) is 14.4 Å². The fourth-order valence-electron chi connectivity index (χ4n) is 3.48. The van der Waals surface area contributed by atoms with Gasteiger partial charge in [-0.3, -0.25) is 4.79 Å². The van der Waals surface area contributed by atoms with Crippen molar-refractivity contribution in [2.75, 3.05) is 18.0 Å². The third-order valence-corrected chi connectivity index (χ3v) is 6.13. The van der Waals surface area contributed by atoms with Gasteiger partial charge >= 0.3 is 0 Å². The van der Waals surface area contributed by atoms with Crippen LogP contribution < -0.4 is 10.2 Å². The van der Waals surface area contributed by atoms with Gasteiger partial charge in [-0.1, -0.05) is 12.1 Å². The number of nitrogens with zero attached hydrogens (tertiary/aromatic N) is 3. The number of halogens is 1. The number of fused-ring (bicyclic) bond motifs is 1. The first-order chi connectivity index (χ1) is 13.1. The molecule has 1 fully saturated rings. The van der Waals surface area contributed by atoms with E-state index in [9.17, 15) is 9.18 Å². The van der Waals surface area contributed by atoms with Crippen molar-refractivity contribution in [3.63, 3.8) is 0 Å². The highest BCUT2D eigenvalue weighted by Crippen LogP contribution is 2.35. The quantitative estimate of drug-likeness (QED) is 0.737. The van der Waals surface area contributed by atoms with Gasteiger partial charge in [-0.05, 0) is 49.4 Å². The zero-order valence-electron chi connectivity index (χ0n) is 15.2. The van der Waals surface area contributed by atoms with E-state index in [2.05, 4.69) is 20.2 Å². The molecule has 0 unspecified atom stereocenters. The first-order valence-electron chi connectivity index (χ1n) is 9.15. The van der Waals surface area contributed by atoms with E-state index < -0.39 is 0 Å². The van der Waals surface area contributed by atoms with E-state index in [-0.39, 0.29) is 11.7 Å². The number of aryl methyl sites for hydroxylation is 1. The van der Waals surface area contributed by atoms with Gasteiger partial charge in [0.15, 0.2) is 0 Å². The average Bonchev–Trinajstić information content (AvgIpc) is 3.05. The van der Waals surface area contributed by atoms with Gasteiger partial charge in [-0.15, -0.1) is 11.3 Å². The monoisotopic (exact) mass is 384 g/mol. The lowest BCUT2D eigenvalue weighted by Gasteiger charge is -2.28. The fourth-order valence-corrected chi connectivity index (χ4v) is 4.54. The number of hydrogen-bond donors (Lipinski definition) is 1. The molecule has 5 nitrogen and oxygen atoms in total. The second kappa shape index (κ2) is 7.60. The Hall–Kier alpha value is -2.54. The lowest BCUT2D eigenvalue weighted by molar-refractivity contribution is 0.0954. The third kappa shape index (κ3) is 3.64. The van der Waals surface area contributed by atoms with Crippen LogP contribution in [0.1, 0.15) is 40.1 Å². The standard InChI is InChI=1S/C20H21FN4OS/c1-13-16-18(25-9-3-2-4-10-25)23-12-24-20(16)27-17(13)19(26)22-11-14-5-7-15(21)8-6-14/h5-8,12H,2-4,9-11H2,1H3,(H,22,26). The van der Waals surface area contributed by atoms with Crippen LogP contribution in [0.25, 0.3) is 10.2 Å². The number of carbonyl (C=O) groups is 1. The minimum Gasteiger partial charge on any atom is -0.356 e. The molecule has 0 spiro atoms. The van der Waals surface area contributed by atoms with Crippen molar-refractivity contribution in [2.24, 2.45) is 0 Å². The first kappa shape index (κ1) is 17.9. The summed E-state index contributed by atoms with van der Waals surface area (Å²) in [6.07, 6.45) is 5.17. The maximum Gasteiger partial charge on any atom is 0.261 e. The summed E-state index contributed by atoms with van der Waals surface area (Å²) >= 11 is 1.40. The topological polar surface area (TPSA) is 58.1 Å². The number of aromatic nitrogens is 2. The number of thiophene rings is 1. The number of nitrogens with one attached hydrogen (secondary N) is 1. The number of piperidine rings is 1. The van der Waals surface area contributed by atoms with E-state index in [1.54, 1.807) is 18.5 Å². The van der Waals surface area contributed by atoms with Gasteiger partial charge in [0.2, 0.25) is 0 Å². The van der Waals surface area contributed by atoms with E-state index in [4.69, 9.17) is 0 Å². The van der Waals surface area contributed by atoms with Gasteiger partial charge in [0.25, 0.3) is 5.91 Å². The van der Waals surface area contributed by atoms with Crippen LogP contribution in [0.4, 0.5) is 10.2 Å². The second-order valence-corrected chi connectivity index (χ2v) is 7.79. The molecule has 1 aromatic carbocycles. The summed E-state index contributed by atoms with van der Waals surface area (Å²) < 4.78 is 13.0. The lowest BCUT2D eigenvalue weighted by Crippen LogP contribution is -2.30. The highest BCUT2D eigenvalue weighted by molar-refractivity contribution is 7.20. The van der Waals surface area contributed by atoms with Crippen LogP contribution in [0.15, 0.2) is 30.6 Å². The zero-order chi connectivity index (χ0) is 18.8. The Labute approximate surface area is 161 Å². The molecule has 0 saturated carbocycles. The molecule has 27 heavy (non-hydrogen) atoms. The van der Waals surface area contributed by atoms with Crippen LogP contribution in [0.2, 0.25) is 0 Å². The summed E-state index contributed by atoms with van der Waals surface area (Å²) in [6.45, 7) is 4.31. The van der Waals surface area contributed by atoms with Gasteiger partial charge in [0.05, 0.1) is 10.3 Å². The molecule has 0 radical (unpaired) electrons. The summed E-state index contributed by atoms with van der Waals surface area (Å²) in [7, 11) is 0. The summed E-state index contributed by atoms with van der Waals surface area (Å²) in [5.41, 5.74) is 1.78. The molecule has 0 bridgehead atoms. The van der Waals surface area contributed by atoms with Gasteiger partial charge in [0, 0.05) is 19.6 Å². The summed E-state index contributed by atoms with van der Waals surface area (Å²) in [5.74, 6) is 0.518. The number of amides is 1. The summed E-state index contributed by atoms with van der Waals surface area (Å²) in [6, 6.07) is 6.14. The fraction of sp³-hybridized carbons (Fsp3) is 0.350. The number of rotatable bonds is 4. The molecule has 1 amide bonds. The minimum absolute atomic E-state index is 0.135. The maximum absolute atomic E-state index is 13.0. The van der Waals surface area contributed by atoms with Crippen molar-refractivity contribution < 1.29 is 9.18 Å². The maximum atomic E-state index is 13.0. The predicted octanol–water partition coefficient (Wildman–Crippen LogP) is 4.06. The SMILES string of the molecule is Cc1c(C(=O)NCc2ccc(F)cc2)sc2ncnc(N3CCCCC3)c12. The molecular formula is C20H21FN4OS. The zero-order valence-corrected chi connectivity index (χ0v) is 16.0. The number of anilines is 1. The molecule has 3 aromatic rings. The minimum atomic E-state index is -0.283. The molecule has 2 aromatic heterocycles. The number of carbonyl (C=O) groups excluding carboxylic acids is 1. The van der Waals surface area contributed by atoms with Gasteiger partial charge in [-0.2, -0.15) is 0 Å². The molecule has 1 N–H and O–H groups in total. The van der Waals surface area contributed by atoms with Crippen molar-refractivity contribution in [1.29, 1.82) is 0 Å². The van der Waals surface area contributed by atoms with Crippen LogP contribution >= 0.6 is 11.3 Å². The molecule has 7 heteroatoms. The van der Waals surface area contributed by atoms with Crippen molar-refractivity contribution in [3.8, 4) is 0 Å². The third-order valence-electron chi connectivity index (χ3n) is 4.93. The van der Waals surface area contributed by atoms with E-state index in [0.29, 0.717) is 11.4 Å². The van der Waals surface area contributed by atoms with Crippen molar-refractivity contribution in [2.45, 2.75) is 32.7 Å². The largest absolute Gasteiger partial charge is 0.356 e. The second-order valence-electron chi connectivity index (χ2n) is 6.79. The molecule has 4 rings (SSSR count). The molecule has 1 aliphatic heterocycles. The Bertz CT molecular complexity index is 964. The van der Waals surface area contributed by atoms with Crippen molar-refractivity contribution >= 4 is 33.3 Å². The molecule has 1 saturated heterocycles. The Morgan fingerprint density at radius 1 is 1.19 bits per heavy atom. The molecule has 0 aliphatic carbocycles. The highest BCUT2D eigenvalue weighted by atomic mass is 32.1. The Kier molecular flexibility index (Phi) is 5.03. The lowest BCUT2D eigenvalue weighted by atomic mass is 10.1. The summed E-state index contributed by atoms with van der Waals surface area (Å²) in [5, 5.41) is 3.91. The Morgan fingerprint density at radius 3 is 2.67 bits per heavy atom. The van der Waals surface area contributed by atoms with E-state index in [0.717, 1.165) is 40.3 Å². The van der Waals surface area contributed by atoms with Crippen LogP contribution in [-0.4, -0.2) is 29.0 Å². The molecule has 0 atom stereocenters. The molecule has 3 heterocycles. The van der Waals surface area contributed by atoms with Crippen LogP contribution in [0, 0.1) is 12.7 Å². The Morgan fingerprint density at radius 2 is 1.93 bits per heavy atom. The molecule has 1 aliphatic rings. The van der Waals surface area contributed by atoms with E-state index in [1.807, 2.05) is 6.92 Å². The Balaban J connectivity index is 1.59. The predicted molar refractivity (Wildman–Crippen MR) is 106 cm³/mol. The smallest absolute Gasteiger partial charge is 0.261 e. The van der Waals surface area contributed by atoms with Crippen molar-refractivity contribution in [3.05, 3.63) is 52.4 Å². The van der Waals surface area contributed by atoms with Crippen molar-refractivity contribution in [1.82, 2.24) is 15.3 Å². The highest BCUT2D eigenvalue weighted by Gasteiger charge is 2.22. The molecular weight excluding hydrogens is 363 g/mol. The molecule has 140 valence electrons. The summed E-state index contributed by atoms with van der Waals surface area (Å²) in [4.78, 5) is 25.4. The van der Waals surface area contributed by atoms with Gasteiger partial charge in [0.1, 0.15) is 22.8 Å².